The number of unbranched alkanes of at least 4 members (excludes halogenated alkanes) is 1. The Hall–Kier alpha value is -1.56. The van der Waals surface area contributed by atoms with Gasteiger partial charge in [-0.05, 0) is 31.5 Å². The molecule has 0 aliphatic heterocycles. The molecule has 0 radical (unpaired) electrons. The maximum atomic E-state index is 11.3. The highest BCUT2D eigenvalue weighted by Gasteiger charge is 2.11. The fourth-order valence-electron chi connectivity index (χ4n) is 1.48. The lowest BCUT2D eigenvalue weighted by atomic mass is 10.1. The van der Waals surface area contributed by atoms with Gasteiger partial charge in [0.15, 0.2) is 5.78 Å². The van der Waals surface area contributed by atoms with Crippen LogP contribution >= 0.6 is 0 Å². The summed E-state index contributed by atoms with van der Waals surface area (Å²) in [6, 6.07) is 4.72. The van der Waals surface area contributed by atoms with E-state index in [9.17, 15) is 13.2 Å². The van der Waals surface area contributed by atoms with Gasteiger partial charge < -0.3 is 4.74 Å². The number of nitrogens with one attached hydrogen (secondary N) is 1. The molecule has 1 aromatic carbocycles. The summed E-state index contributed by atoms with van der Waals surface area (Å²) in [6.07, 6.45) is 2.93. The number of sulfonamides is 1. The van der Waals surface area contributed by atoms with Crippen molar-refractivity contribution in [1.82, 2.24) is 0 Å². The first-order valence-corrected chi connectivity index (χ1v) is 7.98. The molecule has 19 heavy (non-hydrogen) atoms. The maximum absolute atomic E-state index is 11.3. The molecule has 106 valence electrons. The van der Waals surface area contributed by atoms with Crippen molar-refractivity contribution in [2.75, 3.05) is 17.6 Å². The van der Waals surface area contributed by atoms with Gasteiger partial charge in [0.2, 0.25) is 10.0 Å². The SMILES string of the molecule is CCCCOc1ccc(C(C)=O)cc1NS(C)(=O)=O. The highest BCUT2D eigenvalue weighted by atomic mass is 32.2. The van der Waals surface area contributed by atoms with Gasteiger partial charge in [0.1, 0.15) is 5.75 Å². The number of Topliss-reactive ketones (excluding diaryl/α,β-unsaturated/α-hetero) is 1. The van der Waals surface area contributed by atoms with Crippen molar-refractivity contribution < 1.29 is 17.9 Å². The quantitative estimate of drug-likeness (QED) is 0.617. The molecule has 0 saturated carbocycles. The fraction of sp³-hybridized carbons (Fsp3) is 0.462. The van der Waals surface area contributed by atoms with Crippen molar-refractivity contribution in [1.29, 1.82) is 0 Å². The lowest BCUT2D eigenvalue weighted by molar-refractivity contribution is 0.101. The first-order chi connectivity index (χ1) is 8.83. The lowest BCUT2D eigenvalue weighted by Crippen LogP contribution is -2.12. The maximum Gasteiger partial charge on any atom is 0.229 e. The van der Waals surface area contributed by atoms with Crippen LogP contribution in [0.15, 0.2) is 18.2 Å². The molecule has 6 heteroatoms. The summed E-state index contributed by atoms with van der Waals surface area (Å²) < 4.78 is 30.5. The highest BCUT2D eigenvalue weighted by Crippen LogP contribution is 2.27. The van der Waals surface area contributed by atoms with Crippen LogP contribution < -0.4 is 9.46 Å². The first kappa shape index (κ1) is 15.5. The summed E-state index contributed by atoms with van der Waals surface area (Å²) >= 11 is 0. The zero-order chi connectivity index (χ0) is 14.5. The van der Waals surface area contributed by atoms with E-state index in [0.29, 0.717) is 23.6 Å². The zero-order valence-corrected chi connectivity index (χ0v) is 12.2. The van der Waals surface area contributed by atoms with Crippen LogP contribution in [0.5, 0.6) is 5.75 Å². The monoisotopic (exact) mass is 285 g/mol. The Balaban J connectivity index is 3.04. The summed E-state index contributed by atoms with van der Waals surface area (Å²) in [5.41, 5.74) is 0.736. The number of ether oxygens (including phenoxy) is 1. The van der Waals surface area contributed by atoms with E-state index in [1.165, 1.54) is 13.0 Å². The Kier molecular flexibility index (Phi) is 5.35. The van der Waals surface area contributed by atoms with Crippen LogP contribution in [0.2, 0.25) is 0 Å². The molecule has 1 rings (SSSR count). The molecule has 0 saturated heterocycles. The molecule has 5 nitrogen and oxygen atoms in total. The second-order valence-electron chi connectivity index (χ2n) is 4.34. The van der Waals surface area contributed by atoms with Crippen molar-refractivity contribution in [3.05, 3.63) is 23.8 Å². The molecule has 1 N–H and O–H groups in total. The van der Waals surface area contributed by atoms with Gasteiger partial charge in [0.25, 0.3) is 0 Å². The molecule has 1 aromatic rings. The predicted molar refractivity (Wildman–Crippen MR) is 75.3 cm³/mol. The first-order valence-electron chi connectivity index (χ1n) is 6.09. The van der Waals surface area contributed by atoms with E-state index < -0.39 is 10.0 Å². The van der Waals surface area contributed by atoms with Gasteiger partial charge in [0.05, 0.1) is 18.6 Å². The average molecular weight is 285 g/mol. The number of rotatable bonds is 7. The number of benzene rings is 1. The van der Waals surface area contributed by atoms with E-state index in [2.05, 4.69) is 4.72 Å². The molecule has 0 aliphatic carbocycles. The van der Waals surface area contributed by atoms with Gasteiger partial charge in [-0.3, -0.25) is 9.52 Å². The number of hydrogen-bond donors (Lipinski definition) is 1. The Labute approximate surface area is 114 Å². The third-order valence-electron chi connectivity index (χ3n) is 2.44. The van der Waals surface area contributed by atoms with Crippen LogP contribution in [0.4, 0.5) is 5.69 Å². The van der Waals surface area contributed by atoms with E-state index >= 15 is 0 Å². The van der Waals surface area contributed by atoms with E-state index in [1.54, 1.807) is 12.1 Å². The second kappa shape index (κ2) is 6.56. The number of carbonyl (C=O) groups excluding carboxylic acids is 1. The molecule has 0 aromatic heterocycles. The van der Waals surface area contributed by atoms with Crippen molar-refractivity contribution in [3.8, 4) is 5.75 Å². The Morgan fingerprint density at radius 1 is 1.37 bits per heavy atom. The number of hydrogen-bond acceptors (Lipinski definition) is 4. The smallest absolute Gasteiger partial charge is 0.229 e. The Bertz CT molecular complexity index is 552. The highest BCUT2D eigenvalue weighted by molar-refractivity contribution is 7.92. The van der Waals surface area contributed by atoms with Gasteiger partial charge in [-0.15, -0.1) is 0 Å². The van der Waals surface area contributed by atoms with Crippen LogP contribution in [0, 0.1) is 0 Å². The Morgan fingerprint density at radius 2 is 2.05 bits per heavy atom. The van der Waals surface area contributed by atoms with Gasteiger partial charge in [-0.2, -0.15) is 0 Å². The van der Waals surface area contributed by atoms with E-state index in [0.717, 1.165) is 19.1 Å². The Morgan fingerprint density at radius 3 is 2.58 bits per heavy atom. The minimum Gasteiger partial charge on any atom is -0.491 e. The topological polar surface area (TPSA) is 72.5 Å². The van der Waals surface area contributed by atoms with Gasteiger partial charge in [-0.25, -0.2) is 8.42 Å². The number of anilines is 1. The average Bonchev–Trinajstić information content (AvgIpc) is 2.29. The van der Waals surface area contributed by atoms with Crippen LogP contribution in [0.25, 0.3) is 0 Å². The fourth-order valence-corrected chi connectivity index (χ4v) is 2.04. The third kappa shape index (κ3) is 5.30. The molecular formula is C13H19NO4S. The zero-order valence-electron chi connectivity index (χ0n) is 11.4. The van der Waals surface area contributed by atoms with Crippen LogP contribution in [-0.2, 0) is 10.0 Å². The third-order valence-corrected chi connectivity index (χ3v) is 3.03. The van der Waals surface area contributed by atoms with Crippen LogP contribution in [0.1, 0.15) is 37.0 Å². The van der Waals surface area contributed by atoms with Crippen molar-refractivity contribution in [2.24, 2.45) is 0 Å². The van der Waals surface area contributed by atoms with Crippen molar-refractivity contribution in [3.63, 3.8) is 0 Å². The largest absolute Gasteiger partial charge is 0.491 e. The minimum absolute atomic E-state index is 0.128. The predicted octanol–water partition coefficient (Wildman–Crippen LogP) is 2.44. The summed E-state index contributed by atoms with van der Waals surface area (Å²) in [6.45, 7) is 3.98. The number of ketones is 1. The molecule has 0 bridgehead atoms. The van der Waals surface area contributed by atoms with Gasteiger partial charge >= 0.3 is 0 Å². The molecule has 0 heterocycles. The van der Waals surface area contributed by atoms with Crippen LogP contribution in [0.3, 0.4) is 0 Å². The molecule has 0 unspecified atom stereocenters. The van der Waals surface area contributed by atoms with E-state index in [4.69, 9.17) is 4.74 Å². The van der Waals surface area contributed by atoms with E-state index in [-0.39, 0.29) is 5.78 Å². The second-order valence-corrected chi connectivity index (χ2v) is 6.09. The van der Waals surface area contributed by atoms with Crippen molar-refractivity contribution in [2.45, 2.75) is 26.7 Å². The summed E-state index contributed by atoms with van der Waals surface area (Å²) in [5, 5.41) is 0. The van der Waals surface area contributed by atoms with Gasteiger partial charge in [-0.1, -0.05) is 13.3 Å². The van der Waals surface area contributed by atoms with Crippen molar-refractivity contribution >= 4 is 21.5 Å². The van der Waals surface area contributed by atoms with E-state index in [1.807, 2.05) is 6.92 Å². The summed E-state index contributed by atoms with van der Waals surface area (Å²) in [5.74, 6) is 0.306. The van der Waals surface area contributed by atoms with Gasteiger partial charge in [0, 0.05) is 5.56 Å². The summed E-state index contributed by atoms with van der Waals surface area (Å²) in [4.78, 5) is 11.3. The molecular weight excluding hydrogens is 266 g/mol. The molecule has 0 atom stereocenters. The molecule has 0 fully saturated rings. The molecule has 0 aliphatic rings. The normalized spacial score (nSPS) is 11.1. The molecule has 0 spiro atoms. The molecule has 0 amide bonds. The standard InChI is InChI=1S/C13H19NO4S/c1-4-5-8-18-13-7-6-11(10(2)15)9-12(13)14-19(3,16)17/h6-7,9,14H,4-5,8H2,1-3H3. The summed E-state index contributed by atoms with van der Waals surface area (Å²) in [7, 11) is -3.41. The van der Waals surface area contributed by atoms with Crippen LogP contribution in [-0.4, -0.2) is 27.1 Å². The lowest BCUT2D eigenvalue weighted by Gasteiger charge is -2.13. The minimum atomic E-state index is -3.41. The number of carbonyl (C=O) groups is 1.